The van der Waals surface area contributed by atoms with Crippen LogP contribution in [0.1, 0.15) is 71.4 Å². The second kappa shape index (κ2) is 8.87. The van der Waals surface area contributed by atoms with Gasteiger partial charge in [0.15, 0.2) is 0 Å². The lowest BCUT2D eigenvalue weighted by Crippen LogP contribution is -1.97. The number of rotatable bonds is 4. The van der Waals surface area contributed by atoms with Crippen molar-refractivity contribution >= 4 is 11.9 Å². The van der Waals surface area contributed by atoms with Gasteiger partial charge in [0.1, 0.15) is 0 Å². The summed E-state index contributed by atoms with van der Waals surface area (Å²) in [6, 6.07) is 14.0. The highest BCUT2D eigenvalue weighted by molar-refractivity contribution is 5.88. The van der Waals surface area contributed by atoms with E-state index in [1.807, 2.05) is 32.0 Å². The van der Waals surface area contributed by atoms with Crippen LogP contribution in [0.15, 0.2) is 48.5 Å². The molecule has 0 aromatic heterocycles. The van der Waals surface area contributed by atoms with Crippen LogP contribution >= 0.6 is 0 Å². The first kappa shape index (κ1) is 19.4. The maximum absolute atomic E-state index is 10.6. The molecule has 0 radical (unpaired) electrons. The minimum atomic E-state index is -0.870. The average Bonchev–Trinajstić information content (AvgIpc) is 2.55. The average molecular weight is 328 g/mol. The van der Waals surface area contributed by atoms with Gasteiger partial charge in [0, 0.05) is 0 Å². The van der Waals surface area contributed by atoms with E-state index in [1.165, 1.54) is 5.56 Å². The molecule has 0 unspecified atom stereocenters. The molecule has 0 saturated carbocycles. The molecule has 0 heterocycles. The van der Waals surface area contributed by atoms with Crippen LogP contribution in [0.4, 0.5) is 0 Å². The van der Waals surface area contributed by atoms with E-state index < -0.39 is 11.9 Å². The van der Waals surface area contributed by atoms with Gasteiger partial charge in [0.05, 0.1) is 11.1 Å². The molecule has 4 heteroatoms. The van der Waals surface area contributed by atoms with Crippen molar-refractivity contribution < 1.29 is 19.8 Å². The summed E-state index contributed by atoms with van der Waals surface area (Å²) in [5.74, 6) is -0.903. The third kappa shape index (κ3) is 5.88. The maximum Gasteiger partial charge on any atom is 0.335 e. The van der Waals surface area contributed by atoms with Gasteiger partial charge in [-0.3, -0.25) is 0 Å². The van der Waals surface area contributed by atoms with Gasteiger partial charge in [-0.05, 0) is 47.2 Å². The largest absolute Gasteiger partial charge is 0.478 e. The highest BCUT2D eigenvalue weighted by atomic mass is 16.4. The lowest BCUT2D eigenvalue weighted by molar-refractivity contribution is 0.0686. The third-order valence-electron chi connectivity index (χ3n) is 3.62. The van der Waals surface area contributed by atoms with Crippen molar-refractivity contribution in [2.24, 2.45) is 0 Å². The van der Waals surface area contributed by atoms with E-state index in [9.17, 15) is 9.59 Å². The SMILES string of the molecule is CC(C)c1ccc(C(=O)O)cc1.CC(C)c1cccc(C(=O)O)c1. The number of hydrogen-bond donors (Lipinski definition) is 2. The fourth-order valence-corrected chi connectivity index (χ4v) is 2.04. The Balaban J connectivity index is 0.000000240. The minimum Gasteiger partial charge on any atom is -0.478 e. The van der Waals surface area contributed by atoms with E-state index >= 15 is 0 Å². The van der Waals surface area contributed by atoms with E-state index in [4.69, 9.17) is 10.2 Å². The Kier molecular flexibility index (Phi) is 7.18. The standard InChI is InChI=1S/2C10H12O2/c1-7(2)8-3-5-9(6-4-8)10(11)12;1-7(2)8-4-3-5-9(6-8)10(11)12/h2*3-7H,1-2H3,(H,11,12). The van der Waals surface area contributed by atoms with Crippen LogP contribution in [0.5, 0.6) is 0 Å². The van der Waals surface area contributed by atoms with Crippen LogP contribution in [-0.2, 0) is 0 Å². The van der Waals surface area contributed by atoms with E-state index in [-0.39, 0.29) is 0 Å². The number of benzene rings is 2. The molecule has 2 aromatic carbocycles. The zero-order valence-corrected chi connectivity index (χ0v) is 14.5. The molecule has 24 heavy (non-hydrogen) atoms. The second-order valence-corrected chi connectivity index (χ2v) is 6.17. The van der Waals surface area contributed by atoms with E-state index in [0.717, 1.165) is 5.56 Å². The summed E-state index contributed by atoms with van der Waals surface area (Å²) in [5.41, 5.74) is 2.94. The normalized spacial score (nSPS) is 10.2. The number of carbonyl (C=O) groups is 2. The molecule has 0 aliphatic rings. The predicted octanol–water partition coefficient (Wildman–Crippen LogP) is 5.02. The van der Waals surface area contributed by atoms with Gasteiger partial charge in [-0.25, -0.2) is 9.59 Å². The van der Waals surface area contributed by atoms with Crippen molar-refractivity contribution in [3.05, 3.63) is 70.8 Å². The molecule has 0 fully saturated rings. The molecule has 0 spiro atoms. The Morgan fingerprint density at radius 2 is 1.21 bits per heavy atom. The maximum atomic E-state index is 10.6. The molecule has 0 amide bonds. The van der Waals surface area contributed by atoms with Crippen molar-refractivity contribution in [1.82, 2.24) is 0 Å². The van der Waals surface area contributed by atoms with E-state index in [2.05, 4.69) is 13.8 Å². The zero-order chi connectivity index (χ0) is 18.3. The summed E-state index contributed by atoms with van der Waals surface area (Å²) in [7, 11) is 0. The van der Waals surface area contributed by atoms with Gasteiger partial charge in [-0.1, -0.05) is 52.0 Å². The summed E-state index contributed by atoms with van der Waals surface area (Å²) >= 11 is 0. The number of carboxylic acid groups (broad SMARTS) is 2. The van der Waals surface area contributed by atoms with Crippen LogP contribution in [0.25, 0.3) is 0 Å². The first-order valence-electron chi connectivity index (χ1n) is 7.88. The monoisotopic (exact) mass is 328 g/mol. The number of carboxylic acids is 2. The van der Waals surface area contributed by atoms with Crippen molar-refractivity contribution in [2.75, 3.05) is 0 Å². The van der Waals surface area contributed by atoms with Crippen molar-refractivity contribution in [2.45, 2.75) is 39.5 Å². The van der Waals surface area contributed by atoms with Gasteiger partial charge in [-0.2, -0.15) is 0 Å². The van der Waals surface area contributed by atoms with Crippen LogP contribution in [0.2, 0.25) is 0 Å². The van der Waals surface area contributed by atoms with E-state index in [0.29, 0.717) is 23.0 Å². The highest BCUT2D eigenvalue weighted by Crippen LogP contribution is 2.15. The Hall–Kier alpha value is -2.62. The van der Waals surface area contributed by atoms with Gasteiger partial charge >= 0.3 is 11.9 Å². The first-order valence-corrected chi connectivity index (χ1v) is 7.88. The zero-order valence-electron chi connectivity index (χ0n) is 14.5. The Labute approximate surface area is 142 Å². The molecule has 128 valence electrons. The summed E-state index contributed by atoms with van der Waals surface area (Å²) in [6.45, 7) is 8.24. The van der Waals surface area contributed by atoms with Crippen LogP contribution in [0.3, 0.4) is 0 Å². The molecule has 0 aliphatic carbocycles. The van der Waals surface area contributed by atoms with Gasteiger partial charge in [0.2, 0.25) is 0 Å². The second-order valence-electron chi connectivity index (χ2n) is 6.17. The third-order valence-corrected chi connectivity index (χ3v) is 3.62. The molecule has 0 aliphatic heterocycles. The smallest absolute Gasteiger partial charge is 0.335 e. The topological polar surface area (TPSA) is 74.6 Å². The molecule has 2 N–H and O–H groups in total. The quantitative estimate of drug-likeness (QED) is 0.826. The molecule has 0 saturated heterocycles. The van der Waals surface area contributed by atoms with Gasteiger partial charge < -0.3 is 10.2 Å². The predicted molar refractivity (Wildman–Crippen MR) is 95.0 cm³/mol. The highest BCUT2D eigenvalue weighted by Gasteiger charge is 2.04. The lowest BCUT2D eigenvalue weighted by Gasteiger charge is -2.04. The summed E-state index contributed by atoms with van der Waals surface area (Å²) in [6.07, 6.45) is 0. The summed E-state index contributed by atoms with van der Waals surface area (Å²) < 4.78 is 0. The van der Waals surface area contributed by atoms with Crippen molar-refractivity contribution in [3.8, 4) is 0 Å². The van der Waals surface area contributed by atoms with E-state index in [1.54, 1.807) is 30.3 Å². The molecule has 0 bridgehead atoms. The fraction of sp³-hybridized carbons (Fsp3) is 0.300. The fourth-order valence-electron chi connectivity index (χ4n) is 2.04. The molecule has 2 aromatic rings. The molecular weight excluding hydrogens is 304 g/mol. The van der Waals surface area contributed by atoms with Crippen LogP contribution in [0, 0.1) is 0 Å². The Morgan fingerprint density at radius 1 is 0.708 bits per heavy atom. The van der Waals surface area contributed by atoms with Crippen LogP contribution < -0.4 is 0 Å². The number of aromatic carboxylic acids is 2. The molecule has 4 nitrogen and oxygen atoms in total. The Morgan fingerprint density at radius 3 is 1.62 bits per heavy atom. The molecular formula is C20H24O4. The molecule has 2 rings (SSSR count). The van der Waals surface area contributed by atoms with Crippen molar-refractivity contribution in [1.29, 1.82) is 0 Å². The minimum absolute atomic E-state index is 0.347. The summed E-state index contributed by atoms with van der Waals surface area (Å²) in [4.78, 5) is 21.1. The van der Waals surface area contributed by atoms with Gasteiger partial charge in [-0.15, -0.1) is 0 Å². The summed E-state index contributed by atoms with van der Waals surface area (Å²) in [5, 5.41) is 17.3. The first-order chi connectivity index (χ1) is 11.2. The molecule has 0 atom stereocenters. The van der Waals surface area contributed by atoms with Crippen LogP contribution in [-0.4, -0.2) is 22.2 Å². The Bertz CT molecular complexity index is 685. The number of hydrogen-bond acceptors (Lipinski definition) is 2. The van der Waals surface area contributed by atoms with Gasteiger partial charge in [0.25, 0.3) is 0 Å². The lowest BCUT2D eigenvalue weighted by atomic mass is 10.0. The van der Waals surface area contributed by atoms with Crippen molar-refractivity contribution in [3.63, 3.8) is 0 Å².